The van der Waals surface area contributed by atoms with E-state index in [1.165, 1.54) is 18.2 Å². The minimum absolute atomic E-state index is 0.0292. The van der Waals surface area contributed by atoms with Gasteiger partial charge in [-0.3, -0.25) is 4.79 Å². The molecule has 2 N–H and O–H groups in total. The van der Waals surface area contributed by atoms with E-state index in [0.717, 1.165) is 6.07 Å². The van der Waals surface area contributed by atoms with Gasteiger partial charge in [-0.15, -0.1) is 0 Å². The van der Waals surface area contributed by atoms with Gasteiger partial charge in [0.1, 0.15) is 11.9 Å². The van der Waals surface area contributed by atoms with Crippen molar-refractivity contribution >= 4 is 35.1 Å². The molecule has 2 aromatic carbocycles. The highest BCUT2D eigenvalue weighted by Gasteiger charge is 2.23. The van der Waals surface area contributed by atoms with Crippen LogP contribution in [0.25, 0.3) is 0 Å². The van der Waals surface area contributed by atoms with Crippen LogP contribution in [-0.2, 0) is 11.2 Å². The molecule has 0 radical (unpaired) electrons. The summed E-state index contributed by atoms with van der Waals surface area (Å²) in [5, 5.41) is 12.3. The molecule has 0 bridgehead atoms. The molecule has 0 unspecified atom stereocenters. The molecule has 120 valence electrons. The lowest BCUT2D eigenvalue weighted by Crippen LogP contribution is -2.42. The third kappa shape index (κ3) is 4.43. The van der Waals surface area contributed by atoms with Gasteiger partial charge in [0.2, 0.25) is 0 Å². The molecule has 0 saturated carbocycles. The van der Waals surface area contributed by atoms with Crippen LogP contribution in [0.3, 0.4) is 0 Å². The Morgan fingerprint density at radius 2 is 1.74 bits per heavy atom. The average molecular weight is 356 g/mol. The van der Waals surface area contributed by atoms with Gasteiger partial charge in [0.05, 0.1) is 0 Å². The number of hydrogen-bond donors (Lipinski definition) is 2. The van der Waals surface area contributed by atoms with Crippen molar-refractivity contribution in [2.75, 3.05) is 0 Å². The predicted octanol–water partition coefficient (Wildman–Crippen LogP) is 3.56. The van der Waals surface area contributed by atoms with E-state index in [-0.39, 0.29) is 12.0 Å². The Kier molecular flexibility index (Phi) is 5.58. The molecule has 0 fully saturated rings. The van der Waals surface area contributed by atoms with Crippen LogP contribution >= 0.6 is 23.2 Å². The molecular weight excluding hydrogens is 344 g/mol. The van der Waals surface area contributed by atoms with E-state index in [4.69, 9.17) is 23.2 Å². The Bertz CT molecular complexity index is 732. The number of aliphatic carboxylic acids is 1. The first-order valence-electron chi connectivity index (χ1n) is 6.60. The minimum atomic E-state index is -1.25. The van der Waals surface area contributed by atoms with Gasteiger partial charge in [-0.05, 0) is 35.9 Å². The number of rotatable bonds is 5. The third-order valence-corrected chi connectivity index (χ3v) is 3.87. The van der Waals surface area contributed by atoms with Crippen LogP contribution in [-0.4, -0.2) is 23.0 Å². The lowest BCUT2D eigenvalue weighted by atomic mass is 10.0. The maximum atomic E-state index is 13.1. The summed E-state index contributed by atoms with van der Waals surface area (Å²) in [7, 11) is 0. The molecule has 23 heavy (non-hydrogen) atoms. The highest BCUT2D eigenvalue weighted by molar-refractivity contribution is 6.36. The van der Waals surface area contributed by atoms with E-state index >= 15 is 0 Å². The van der Waals surface area contributed by atoms with Crippen LogP contribution in [0, 0.1) is 5.82 Å². The summed E-state index contributed by atoms with van der Waals surface area (Å²) in [6.07, 6.45) is -0.0884. The van der Waals surface area contributed by atoms with Crippen molar-refractivity contribution in [2.45, 2.75) is 12.5 Å². The van der Waals surface area contributed by atoms with E-state index in [1.807, 2.05) is 0 Å². The van der Waals surface area contributed by atoms with Gasteiger partial charge < -0.3 is 10.4 Å². The molecule has 0 aliphatic rings. The molecule has 2 aromatic rings. The molecule has 1 amide bonds. The fourth-order valence-corrected chi connectivity index (χ4v) is 2.55. The number of nitrogens with one attached hydrogen (secondary N) is 1. The quantitative estimate of drug-likeness (QED) is 0.861. The largest absolute Gasteiger partial charge is 0.480 e. The number of carboxylic acids is 1. The van der Waals surface area contributed by atoms with E-state index in [1.54, 1.807) is 18.2 Å². The Morgan fingerprint density at radius 3 is 2.30 bits per heavy atom. The van der Waals surface area contributed by atoms with Gasteiger partial charge in [-0.25, -0.2) is 9.18 Å². The monoisotopic (exact) mass is 355 g/mol. The van der Waals surface area contributed by atoms with Gasteiger partial charge >= 0.3 is 5.97 Å². The first-order valence-corrected chi connectivity index (χ1v) is 7.36. The number of carbonyl (C=O) groups is 2. The highest BCUT2D eigenvalue weighted by Crippen LogP contribution is 2.25. The minimum Gasteiger partial charge on any atom is -0.480 e. The van der Waals surface area contributed by atoms with E-state index in [9.17, 15) is 19.1 Å². The zero-order valence-corrected chi connectivity index (χ0v) is 13.2. The normalized spacial score (nSPS) is 11.8. The van der Waals surface area contributed by atoms with Crippen LogP contribution in [0.1, 0.15) is 15.9 Å². The Morgan fingerprint density at radius 1 is 1.13 bits per heavy atom. The molecule has 0 heterocycles. The maximum Gasteiger partial charge on any atom is 0.326 e. The van der Waals surface area contributed by atoms with Crippen LogP contribution < -0.4 is 5.32 Å². The number of halogens is 3. The molecule has 0 aliphatic heterocycles. The Hall–Kier alpha value is -2.11. The van der Waals surface area contributed by atoms with E-state index in [2.05, 4.69) is 5.32 Å². The summed E-state index contributed by atoms with van der Waals surface area (Å²) in [6.45, 7) is 0. The molecule has 0 aliphatic carbocycles. The fraction of sp³-hybridized carbons (Fsp3) is 0.125. The van der Waals surface area contributed by atoms with Crippen molar-refractivity contribution in [2.24, 2.45) is 0 Å². The molecule has 0 aromatic heterocycles. The summed E-state index contributed by atoms with van der Waals surface area (Å²) in [6, 6.07) is 8.51. The van der Waals surface area contributed by atoms with Crippen molar-refractivity contribution in [3.8, 4) is 0 Å². The Balaban J connectivity index is 2.19. The van der Waals surface area contributed by atoms with Gasteiger partial charge in [0, 0.05) is 22.0 Å². The van der Waals surface area contributed by atoms with Crippen LogP contribution in [0.5, 0.6) is 0 Å². The third-order valence-electron chi connectivity index (χ3n) is 3.16. The molecule has 0 spiro atoms. The van der Waals surface area contributed by atoms with Crippen molar-refractivity contribution in [1.29, 1.82) is 0 Å². The van der Waals surface area contributed by atoms with Crippen LogP contribution in [0.15, 0.2) is 42.5 Å². The highest BCUT2D eigenvalue weighted by atomic mass is 35.5. The standard InChI is InChI=1S/C16H12Cl2FNO3/c17-12-5-2-6-13(18)11(12)8-14(16(22)23)20-15(21)9-3-1-4-10(19)7-9/h1-7,14H,8H2,(H,20,21)(H,22,23)/t14-/m0/s1. The van der Waals surface area contributed by atoms with Gasteiger partial charge in [0.25, 0.3) is 5.91 Å². The number of amides is 1. The topological polar surface area (TPSA) is 66.4 Å². The molecule has 7 heteroatoms. The Labute approximate surface area is 141 Å². The summed E-state index contributed by atoms with van der Waals surface area (Å²) in [4.78, 5) is 23.4. The fourth-order valence-electron chi connectivity index (χ4n) is 2.00. The zero-order chi connectivity index (χ0) is 17.0. The summed E-state index contributed by atoms with van der Waals surface area (Å²) in [5.41, 5.74) is 0.448. The first-order chi connectivity index (χ1) is 10.9. The second kappa shape index (κ2) is 7.44. The van der Waals surface area contributed by atoms with E-state index < -0.39 is 23.7 Å². The lowest BCUT2D eigenvalue weighted by molar-refractivity contribution is -0.139. The number of hydrogen-bond acceptors (Lipinski definition) is 2. The zero-order valence-electron chi connectivity index (χ0n) is 11.7. The van der Waals surface area contributed by atoms with Crippen molar-refractivity contribution in [1.82, 2.24) is 5.32 Å². The van der Waals surface area contributed by atoms with Crippen molar-refractivity contribution in [3.05, 3.63) is 69.5 Å². The van der Waals surface area contributed by atoms with Gasteiger partial charge in [-0.1, -0.05) is 35.3 Å². The first kappa shape index (κ1) is 17.2. The van der Waals surface area contributed by atoms with Crippen molar-refractivity contribution in [3.63, 3.8) is 0 Å². The molecule has 4 nitrogen and oxygen atoms in total. The van der Waals surface area contributed by atoms with E-state index in [0.29, 0.717) is 15.6 Å². The number of benzene rings is 2. The SMILES string of the molecule is O=C(N[C@@H](Cc1c(Cl)cccc1Cl)C(=O)O)c1cccc(F)c1. The summed E-state index contributed by atoms with van der Waals surface area (Å²) < 4.78 is 13.1. The predicted molar refractivity (Wildman–Crippen MR) is 85.5 cm³/mol. The summed E-state index contributed by atoms with van der Waals surface area (Å²) in [5.74, 6) is -2.52. The molecule has 1 atom stereocenters. The maximum absolute atomic E-state index is 13.1. The van der Waals surface area contributed by atoms with Crippen LogP contribution in [0.2, 0.25) is 10.0 Å². The number of carbonyl (C=O) groups excluding carboxylic acids is 1. The van der Waals surface area contributed by atoms with Crippen LogP contribution in [0.4, 0.5) is 4.39 Å². The average Bonchev–Trinajstić information content (AvgIpc) is 2.49. The molecular formula is C16H12Cl2FNO3. The van der Waals surface area contributed by atoms with Gasteiger partial charge in [-0.2, -0.15) is 0 Å². The molecule has 0 saturated heterocycles. The van der Waals surface area contributed by atoms with Gasteiger partial charge in [0.15, 0.2) is 0 Å². The second-order valence-corrected chi connectivity index (χ2v) is 5.59. The summed E-state index contributed by atoms with van der Waals surface area (Å²) >= 11 is 12.0. The lowest BCUT2D eigenvalue weighted by Gasteiger charge is -2.16. The smallest absolute Gasteiger partial charge is 0.326 e. The number of carboxylic acid groups (broad SMARTS) is 1. The van der Waals surface area contributed by atoms with Crippen molar-refractivity contribution < 1.29 is 19.1 Å². The second-order valence-electron chi connectivity index (χ2n) is 4.78. The molecule has 2 rings (SSSR count).